The molecule has 7 nitrogen and oxygen atoms in total. The van der Waals surface area contributed by atoms with Gasteiger partial charge in [0, 0.05) is 26.3 Å². The van der Waals surface area contributed by atoms with Gasteiger partial charge in [-0.05, 0) is 26.7 Å². The number of esters is 1. The van der Waals surface area contributed by atoms with E-state index in [1.807, 2.05) is 0 Å². The quantitative estimate of drug-likeness (QED) is 0.764. The molecule has 0 aromatic carbocycles. The van der Waals surface area contributed by atoms with Gasteiger partial charge in [-0.25, -0.2) is 8.42 Å². The van der Waals surface area contributed by atoms with Gasteiger partial charge in [0.1, 0.15) is 4.90 Å². The molecule has 0 bridgehead atoms. The molecule has 1 aromatic heterocycles. The fourth-order valence-corrected chi connectivity index (χ4v) is 4.31. The highest BCUT2D eigenvalue weighted by Crippen LogP contribution is 2.25. The molecule has 1 aromatic rings. The maximum absolute atomic E-state index is 12.7. The van der Waals surface area contributed by atoms with Crippen molar-refractivity contribution < 1.29 is 17.9 Å². The van der Waals surface area contributed by atoms with Gasteiger partial charge in [-0.3, -0.25) is 9.48 Å². The van der Waals surface area contributed by atoms with E-state index in [1.54, 1.807) is 20.9 Å². The summed E-state index contributed by atoms with van der Waals surface area (Å²) in [6.45, 7) is 4.32. The van der Waals surface area contributed by atoms with Crippen LogP contribution >= 0.6 is 0 Å². The van der Waals surface area contributed by atoms with Crippen molar-refractivity contribution in [1.82, 2.24) is 14.1 Å². The first kappa shape index (κ1) is 16.0. The maximum atomic E-state index is 12.7. The van der Waals surface area contributed by atoms with Gasteiger partial charge in [0.2, 0.25) is 10.0 Å². The molecular weight excluding hydrogens is 294 g/mol. The van der Waals surface area contributed by atoms with Crippen LogP contribution in [0.25, 0.3) is 0 Å². The van der Waals surface area contributed by atoms with E-state index in [4.69, 9.17) is 4.74 Å². The normalized spacial score (nSPS) is 20.4. The summed E-state index contributed by atoms with van der Waals surface area (Å²) in [6.07, 6.45) is 2.82. The molecule has 0 spiro atoms. The zero-order chi connectivity index (χ0) is 15.6. The van der Waals surface area contributed by atoms with Crippen molar-refractivity contribution in [2.24, 2.45) is 13.0 Å². The number of ether oxygens (including phenoxy) is 1. The summed E-state index contributed by atoms with van der Waals surface area (Å²) in [4.78, 5) is 12.0. The van der Waals surface area contributed by atoms with Crippen LogP contribution in [0.15, 0.2) is 11.1 Å². The summed E-state index contributed by atoms with van der Waals surface area (Å²) in [5.74, 6) is -0.703. The molecule has 8 heteroatoms. The number of carbonyl (C=O) groups is 1. The van der Waals surface area contributed by atoms with Crippen LogP contribution in [0.1, 0.15) is 25.5 Å². The Kier molecular flexibility index (Phi) is 4.67. The number of hydrogen-bond donors (Lipinski definition) is 0. The van der Waals surface area contributed by atoms with E-state index in [2.05, 4.69) is 5.10 Å². The summed E-state index contributed by atoms with van der Waals surface area (Å²) < 4.78 is 33.2. The molecule has 0 saturated carbocycles. The number of hydrogen-bond acceptors (Lipinski definition) is 5. The largest absolute Gasteiger partial charge is 0.466 e. The van der Waals surface area contributed by atoms with E-state index in [9.17, 15) is 13.2 Å². The van der Waals surface area contributed by atoms with Crippen LogP contribution < -0.4 is 0 Å². The first-order chi connectivity index (χ1) is 9.86. The molecule has 1 aliphatic heterocycles. The molecule has 0 N–H and O–H groups in total. The average Bonchev–Trinajstić information content (AvgIpc) is 2.79. The molecular formula is C13H21N3O4S. The maximum Gasteiger partial charge on any atom is 0.310 e. The third-order valence-corrected chi connectivity index (χ3v) is 5.56. The predicted molar refractivity (Wildman–Crippen MR) is 76.1 cm³/mol. The molecule has 0 aliphatic carbocycles. The zero-order valence-corrected chi connectivity index (χ0v) is 13.4. The Balaban J connectivity index is 2.20. The van der Waals surface area contributed by atoms with E-state index in [-0.39, 0.29) is 23.3 Å². The van der Waals surface area contributed by atoms with Crippen LogP contribution in [-0.4, -0.2) is 48.2 Å². The van der Waals surface area contributed by atoms with Gasteiger partial charge >= 0.3 is 5.97 Å². The van der Waals surface area contributed by atoms with E-state index in [0.29, 0.717) is 31.7 Å². The highest BCUT2D eigenvalue weighted by Gasteiger charge is 2.35. The number of aromatic nitrogens is 2. The lowest BCUT2D eigenvalue weighted by atomic mass is 10.0. The average molecular weight is 315 g/mol. The molecule has 2 rings (SSSR count). The molecule has 0 amide bonds. The van der Waals surface area contributed by atoms with Gasteiger partial charge in [0.25, 0.3) is 0 Å². The van der Waals surface area contributed by atoms with Crippen molar-refractivity contribution in [3.05, 3.63) is 11.9 Å². The SMILES string of the molecule is CCOC(=O)C1CCCN(S(=O)(=O)c2cn(C)nc2C)C1. The first-order valence-corrected chi connectivity index (χ1v) is 8.47. The molecule has 1 aliphatic rings. The van der Waals surface area contributed by atoms with Crippen molar-refractivity contribution in [2.75, 3.05) is 19.7 Å². The third-order valence-electron chi connectivity index (χ3n) is 3.59. The Hall–Kier alpha value is -1.41. The van der Waals surface area contributed by atoms with Crippen LogP contribution in [0, 0.1) is 12.8 Å². The van der Waals surface area contributed by atoms with Crippen LogP contribution in [-0.2, 0) is 26.6 Å². The lowest BCUT2D eigenvalue weighted by Gasteiger charge is -2.30. The lowest BCUT2D eigenvalue weighted by Crippen LogP contribution is -2.42. The molecule has 1 atom stereocenters. The zero-order valence-electron chi connectivity index (χ0n) is 12.6. The van der Waals surface area contributed by atoms with Gasteiger partial charge in [0.15, 0.2) is 0 Å². The molecule has 1 unspecified atom stereocenters. The Labute approximate surface area is 124 Å². The predicted octanol–water partition coefficient (Wildman–Crippen LogP) is 0.692. The Morgan fingerprint density at radius 3 is 2.81 bits per heavy atom. The topological polar surface area (TPSA) is 81.5 Å². The Bertz CT molecular complexity index is 623. The fraction of sp³-hybridized carbons (Fsp3) is 0.692. The van der Waals surface area contributed by atoms with E-state index >= 15 is 0 Å². The minimum absolute atomic E-state index is 0.176. The van der Waals surface area contributed by atoms with Crippen molar-refractivity contribution in [2.45, 2.75) is 31.6 Å². The molecule has 0 radical (unpaired) electrons. The smallest absolute Gasteiger partial charge is 0.310 e. The summed E-state index contributed by atoms with van der Waals surface area (Å²) >= 11 is 0. The Morgan fingerprint density at radius 1 is 1.52 bits per heavy atom. The van der Waals surface area contributed by atoms with Crippen molar-refractivity contribution >= 4 is 16.0 Å². The number of sulfonamides is 1. The number of rotatable bonds is 4. The molecule has 2 heterocycles. The van der Waals surface area contributed by atoms with Crippen LogP contribution in [0.4, 0.5) is 0 Å². The summed E-state index contributed by atoms with van der Waals surface area (Å²) in [5.41, 5.74) is 0.468. The monoisotopic (exact) mass is 315 g/mol. The summed E-state index contributed by atoms with van der Waals surface area (Å²) in [5, 5.41) is 4.07. The van der Waals surface area contributed by atoms with Crippen molar-refractivity contribution in [1.29, 1.82) is 0 Å². The number of piperidine rings is 1. The molecule has 1 saturated heterocycles. The summed E-state index contributed by atoms with van der Waals surface area (Å²) in [7, 11) is -1.93. The molecule has 118 valence electrons. The summed E-state index contributed by atoms with van der Waals surface area (Å²) in [6, 6.07) is 0. The lowest BCUT2D eigenvalue weighted by molar-refractivity contribution is -0.149. The number of nitrogens with zero attached hydrogens (tertiary/aromatic N) is 3. The third kappa shape index (κ3) is 3.26. The minimum Gasteiger partial charge on any atom is -0.466 e. The molecule has 1 fully saturated rings. The van der Waals surface area contributed by atoms with E-state index in [0.717, 1.165) is 0 Å². The van der Waals surface area contributed by atoms with Gasteiger partial charge in [-0.2, -0.15) is 9.40 Å². The van der Waals surface area contributed by atoms with E-state index in [1.165, 1.54) is 15.2 Å². The Morgan fingerprint density at radius 2 is 2.24 bits per heavy atom. The fourth-order valence-electron chi connectivity index (χ4n) is 2.58. The number of aryl methyl sites for hydroxylation is 2. The second-order valence-electron chi connectivity index (χ2n) is 5.21. The van der Waals surface area contributed by atoms with Gasteiger partial charge in [-0.15, -0.1) is 0 Å². The second-order valence-corrected chi connectivity index (χ2v) is 7.11. The van der Waals surface area contributed by atoms with Crippen LogP contribution in [0.3, 0.4) is 0 Å². The highest BCUT2D eigenvalue weighted by atomic mass is 32.2. The van der Waals surface area contributed by atoms with Crippen LogP contribution in [0.5, 0.6) is 0 Å². The van der Waals surface area contributed by atoms with E-state index < -0.39 is 10.0 Å². The van der Waals surface area contributed by atoms with Gasteiger partial charge < -0.3 is 4.74 Å². The highest BCUT2D eigenvalue weighted by molar-refractivity contribution is 7.89. The first-order valence-electron chi connectivity index (χ1n) is 7.03. The number of carbonyl (C=O) groups excluding carboxylic acids is 1. The minimum atomic E-state index is -3.61. The van der Waals surface area contributed by atoms with Crippen molar-refractivity contribution in [3.63, 3.8) is 0 Å². The standard InChI is InChI=1S/C13H21N3O4S/c1-4-20-13(17)11-6-5-7-16(8-11)21(18,19)12-9-15(3)14-10(12)2/h9,11H,4-8H2,1-3H3. The second kappa shape index (κ2) is 6.15. The van der Waals surface area contributed by atoms with Gasteiger partial charge in [0.05, 0.1) is 18.2 Å². The van der Waals surface area contributed by atoms with Gasteiger partial charge in [-0.1, -0.05) is 0 Å². The van der Waals surface area contributed by atoms with Crippen molar-refractivity contribution in [3.8, 4) is 0 Å². The molecule has 21 heavy (non-hydrogen) atoms. The van der Waals surface area contributed by atoms with Crippen LogP contribution in [0.2, 0.25) is 0 Å².